The van der Waals surface area contributed by atoms with Crippen LogP contribution >= 0.6 is 43.2 Å². The number of aryl methyl sites for hydroxylation is 1. The van der Waals surface area contributed by atoms with Gasteiger partial charge in [-0.05, 0) is 41.1 Å². The lowest BCUT2D eigenvalue weighted by molar-refractivity contribution is 0.581. The summed E-state index contributed by atoms with van der Waals surface area (Å²) in [6.07, 6.45) is 0. The van der Waals surface area contributed by atoms with Gasteiger partial charge in [0.1, 0.15) is 0 Å². The molecule has 0 atom stereocenters. The monoisotopic (exact) mass is 424 g/mol. The zero-order valence-corrected chi connectivity index (χ0v) is 14.7. The van der Waals surface area contributed by atoms with E-state index in [1.807, 2.05) is 6.92 Å². The normalized spacial score (nSPS) is 11.7. The number of aromatic nitrogens is 1. The van der Waals surface area contributed by atoms with Crippen LogP contribution in [-0.2, 0) is 16.6 Å². The number of sulfonamides is 1. The van der Waals surface area contributed by atoms with Gasteiger partial charge in [0.05, 0.1) is 16.1 Å². The highest BCUT2D eigenvalue weighted by molar-refractivity contribution is 9.11. The second kappa shape index (κ2) is 6.01. The molecule has 0 unspecified atom stereocenters. The molecular weight excluding hydrogens is 416 g/mol. The minimum atomic E-state index is -3.54. The molecule has 0 radical (unpaired) electrons. The number of benzene rings is 1. The van der Waals surface area contributed by atoms with E-state index in [1.165, 1.54) is 11.3 Å². The number of hydrogen-bond acceptors (Lipinski definition) is 4. The number of hydrogen-bond donors (Lipinski definition) is 1. The lowest BCUT2D eigenvalue weighted by Crippen LogP contribution is -2.23. The summed E-state index contributed by atoms with van der Waals surface area (Å²) in [6.45, 7) is 2.11. The van der Waals surface area contributed by atoms with Gasteiger partial charge in [0.2, 0.25) is 10.0 Å². The molecule has 0 bridgehead atoms. The summed E-state index contributed by atoms with van der Waals surface area (Å²) in [5.41, 5.74) is 2.55. The van der Waals surface area contributed by atoms with Gasteiger partial charge in [-0.3, -0.25) is 0 Å². The van der Waals surface area contributed by atoms with Crippen LogP contribution in [0.1, 0.15) is 10.6 Å². The molecule has 0 saturated heterocycles. The van der Waals surface area contributed by atoms with E-state index in [4.69, 9.17) is 0 Å². The highest BCUT2D eigenvalue weighted by Gasteiger charge is 2.18. The molecule has 102 valence electrons. The van der Waals surface area contributed by atoms with Crippen LogP contribution in [0.4, 0.5) is 0 Å². The molecule has 1 aromatic heterocycles. The van der Waals surface area contributed by atoms with E-state index >= 15 is 0 Å². The Bertz CT molecular complexity index is 698. The number of nitrogens with zero attached hydrogens (tertiary/aromatic N) is 1. The van der Waals surface area contributed by atoms with Gasteiger partial charge in [-0.1, -0.05) is 15.9 Å². The van der Waals surface area contributed by atoms with Crippen molar-refractivity contribution in [1.29, 1.82) is 0 Å². The van der Waals surface area contributed by atoms with Crippen molar-refractivity contribution < 1.29 is 8.42 Å². The average Bonchev–Trinajstić information content (AvgIpc) is 2.72. The highest BCUT2D eigenvalue weighted by Crippen LogP contribution is 2.26. The maximum absolute atomic E-state index is 12.2. The van der Waals surface area contributed by atoms with Crippen LogP contribution in [0.5, 0.6) is 0 Å². The Kier molecular flexibility index (Phi) is 4.78. The van der Waals surface area contributed by atoms with Gasteiger partial charge in [-0.15, -0.1) is 11.3 Å². The summed E-state index contributed by atoms with van der Waals surface area (Å²) in [4.78, 5) is 5.22. The van der Waals surface area contributed by atoms with E-state index < -0.39 is 10.0 Å². The number of thiazole rings is 1. The fraction of sp³-hybridized carbons (Fsp3) is 0.182. The summed E-state index contributed by atoms with van der Waals surface area (Å²) < 4.78 is 28.3. The molecule has 0 aliphatic heterocycles. The van der Waals surface area contributed by atoms with Crippen molar-refractivity contribution in [3.05, 3.63) is 43.2 Å². The summed E-state index contributed by atoms with van der Waals surface area (Å²) >= 11 is 7.98. The van der Waals surface area contributed by atoms with Crippen LogP contribution in [-0.4, -0.2) is 13.4 Å². The van der Waals surface area contributed by atoms with Crippen LogP contribution in [0.15, 0.2) is 37.6 Å². The van der Waals surface area contributed by atoms with Gasteiger partial charge >= 0.3 is 0 Å². The van der Waals surface area contributed by atoms with Crippen molar-refractivity contribution in [2.75, 3.05) is 0 Å². The topological polar surface area (TPSA) is 59.1 Å². The van der Waals surface area contributed by atoms with Gasteiger partial charge in [0, 0.05) is 20.4 Å². The van der Waals surface area contributed by atoms with Gasteiger partial charge in [-0.2, -0.15) is 0 Å². The Hall–Kier alpha value is -0.280. The largest absolute Gasteiger partial charge is 0.250 e. The molecule has 2 aromatic rings. The van der Waals surface area contributed by atoms with Crippen molar-refractivity contribution in [2.24, 2.45) is 0 Å². The molecule has 0 aliphatic carbocycles. The lowest BCUT2D eigenvalue weighted by atomic mass is 10.4. The Morgan fingerprint density at radius 2 is 2.11 bits per heavy atom. The van der Waals surface area contributed by atoms with Crippen LogP contribution in [0, 0.1) is 6.92 Å². The lowest BCUT2D eigenvalue weighted by Gasteiger charge is -2.08. The van der Waals surface area contributed by atoms with Crippen molar-refractivity contribution >= 4 is 53.2 Å². The third-order valence-electron chi connectivity index (χ3n) is 2.45. The van der Waals surface area contributed by atoms with Crippen molar-refractivity contribution in [1.82, 2.24) is 9.71 Å². The third-order valence-corrected chi connectivity index (χ3v) is 6.26. The summed E-state index contributed by atoms with van der Waals surface area (Å²) in [5, 5.41) is 0. The van der Waals surface area contributed by atoms with E-state index in [-0.39, 0.29) is 11.4 Å². The summed E-state index contributed by atoms with van der Waals surface area (Å²) in [5.74, 6) is 0. The number of halogens is 2. The molecule has 4 nitrogen and oxygen atoms in total. The Morgan fingerprint density at radius 3 is 2.68 bits per heavy atom. The zero-order valence-electron chi connectivity index (χ0n) is 9.85. The first-order chi connectivity index (χ1) is 8.90. The molecule has 1 aromatic carbocycles. The predicted molar refractivity (Wildman–Crippen MR) is 82.7 cm³/mol. The molecular formula is C11H10Br2N2O2S2. The van der Waals surface area contributed by atoms with Crippen molar-refractivity contribution in [3.8, 4) is 0 Å². The second-order valence-corrected chi connectivity index (χ2v) is 8.20. The number of nitrogens with one attached hydrogen (secondary N) is 1. The first-order valence-electron chi connectivity index (χ1n) is 5.24. The molecule has 0 aliphatic rings. The Balaban J connectivity index is 2.21. The first-order valence-corrected chi connectivity index (χ1v) is 9.19. The smallest absolute Gasteiger partial charge is 0.242 e. The highest BCUT2D eigenvalue weighted by atomic mass is 79.9. The standard InChI is InChI=1S/C11H10Br2N2O2S2/c1-7-10(18-6-14-7)5-15-19(16,17)11-3-2-8(12)4-9(11)13/h2-4,6,15H,5H2,1H3. The van der Waals surface area contributed by atoms with Crippen LogP contribution < -0.4 is 4.72 Å². The SMILES string of the molecule is Cc1ncsc1CNS(=O)(=O)c1ccc(Br)cc1Br. The zero-order chi connectivity index (χ0) is 14.0. The van der Waals surface area contributed by atoms with E-state index in [1.54, 1.807) is 23.7 Å². The molecule has 0 fully saturated rings. The summed E-state index contributed by atoms with van der Waals surface area (Å²) in [6, 6.07) is 4.94. The maximum Gasteiger partial charge on any atom is 0.242 e. The minimum absolute atomic E-state index is 0.220. The second-order valence-electron chi connectivity index (χ2n) is 3.76. The molecule has 19 heavy (non-hydrogen) atoms. The average molecular weight is 426 g/mol. The van der Waals surface area contributed by atoms with Gasteiger partial charge < -0.3 is 0 Å². The molecule has 1 heterocycles. The van der Waals surface area contributed by atoms with E-state index in [9.17, 15) is 8.42 Å². The number of rotatable bonds is 4. The van der Waals surface area contributed by atoms with Crippen LogP contribution in [0.25, 0.3) is 0 Å². The third kappa shape index (κ3) is 3.63. The van der Waals surface area contributed by atoms with E-state index in [0.717, 1.165) is 15.0 Å². The maximum atomic E-state index is 12.2. The fourth-order valence-electron chi connectivity index (χ4n) is 1.43. The molecule has 0 spiro atoms. The molecule has 0 amide bonds. The first kappa shape index (κ1) is 15.1. The van der Waals surface area contributed by atoms with E-state index in [0.29, 0.717) is 4.47 Å². The van der Waals surface area contributed by atoms with Crippen molar-refractivity contribution in [2.45, 2.75) is 18.4 Å². The Labute approximate surface area is 132 Å². The molecule has 2 rings (SSSR count). The van der Waals surface area contributed by atoms with E-state index in [2.05, 4.69) is 41.6 Å². The summed E-state index contributed by atoms with van der Waals surface area (Å²) in [7, 11) is -3.54. The quantitative estimate of drug-likeness (QED) is 0.815. The molecule has 1 N–H and O–H groups in total. The van der Waals surface area contributed by atoms with Gasteiger partial charge in [0.15, 0.2) is 0 Å². The minimum Gasteiger partial charge on any atom is -0.250 e. The molecule has 0 saturated carbocycles. The van der Waals surface area contributed by atoms with Crippen LogP contribution in [0.3, 0.4) is 0 Å². The van der Waals surface area contributed by atoms with Gasteiger partial charge in [-0.25, -0.2) is 18.1 Å². The van der Waals surface area contributed by atoms with Crippen LogP contribution in [0.2, 0.25) is 0 Å². The van der Waals surface area contributed by atoms with Gasteiger partial charge in [0.25, 0.3) is 0 Å². The Morgan fingerprint density at radius 1 is 1.37 bits per heavy atom. The van der Waals surface area contributed by atoms with Crippen molar-refractivity contribution in [3.63, 3.8) is 0 Å². The predicted octanol–water partition coefficient (Wildman–Crippen LogP) is 3.46. The fourth-order valence-corrected chi connectivity index (χ4v) is 4.97. The molecule has 8 heteroatoms.